The molecule has 2 aromatic rings. The Morgan fingerprint density at radius 1 is 1.43 bits per heavy atom. The predicted octanol–water partition coefficient (Wildman–Crippen LogP) is 3.07. The van der Waals surface area contributed by atoms with Crippen LogP contribution in [0.5, 0.6) is 5.88 Å². The SMILES string of the molecule is C=C(C)c1cccc(C(=O)NBr)c1COc1ccn(C)n1. The van der Waals surface area contributed by atoms with Crippen LogP contribution in [-0.4, -0.2) is 15.7 Å². The number of halogens is 1. The van der Waals surface area contributed by atoms with E-state index in [1.54, 1.807) is 23.0 Å². The fourth-order valence-corrected chi connectivity index (χ4v) is 2.24. The molecule has 2 rings (SSSR count). The van der Waals surface area contributed by atoms with E-state index in [4.69, 9.17) is 4.74 Å². The molecule has 1 amide bonds. The van der Waals surface area contributed by atoms with Crippen molar-refractivity contribution in [3.05, 3.63) is 53.7 Å². The van der Waals surface area contributed by atoms with Crippen LogP contribution in [0.25, 0.3) is 5.57 Å². The van der Waals surface area contributed by atoms with Gasteiger partial charge in [-0.15, -0.1) is 5.10 Å². The van der Waals surface area contributed by atoms with E-state index in [0.29, 0.717) is 11.4 Å². The van der Waals surface area contributed by atoms with Crippen LogP contribution in [0.3, 0.4) is 0 Å². The van der Waals surface area contributed by atoms with Gasteiger partial charge in [0, 0.05) is 46.6 Å². The maximum Gasteiger partial charge on any atom is 0.261 e. The first-order valence-corrected chi connectivity index (χ1v) is 7.13. The molecule has 0 aliphatic carbocycles. The fourth-order valence-electron chi connectivity index (χ4n) is 2.02. The molecule has 0 aliphatic heterocycles. The molecule has 1 N–H and O–H groups in total. The summed E-state index contributed by atoms with van der Waals surface area (Å²) in [6.07, 6.45) is 1.80. The van der Waals surface area contributed by atoms with Gasteiger partial charge in [-0.2, -0.15) is 0 Å². The van der Waals surface area contributed by atoms with Crippen LogP contribution in [0.4, 0.5) is 0 Å². The van der Waals surface area contributed by atoms with Gasteiger partial charge in [0.15, 0.2) is 0 Å². The average molecular weight is 350 g/mol. The number of carbonyl (C=O) groups is 1. The van der Waals surface area contributed by atoms with Gasteiger partial charge in [-0.05, 0) is 18.6 Å². The second-order valence-electron chi connectivity index (χ2n) is 4.65. The minimum absolute atomic E-state index is 0.224. The average Bonchev–Trinajstić information content (AvgIpc) is 2.89. The fraction of sp³-hybridized carbons (Fsp3) is 0.200. The molecule has 0 fully saturated rings. The summed E-state index contributed by atoms with van der Waals surface area (Å²) < 4.78 is 9.79. The lowest BCUT2D eigenvalue weighted by Crippen LogP contribution is -2.16. The van der Waals surface area contributed by atoms with Gasteiger partial charge < -0.3 is 4.74 Å². The van der Waals surface area contributed by atoms with E-state index in [2.05, 4.69) is 32.2 Å². The number of carbonyl (C=O) groups excluding carboxylic acids is 1. The second kappa shape index (κ2) is 6.58. The maximum atomic E-state index is 12.0. The highest BCUT2D eigenvalue weighted by Crippen LogP contribution is 2.23. The summed E-state index contributed by atoms with van der Waals surface area (Å²) in [5, 5.41) is 4.16. The van der Waals surface area contributed by atoms with Gasteiger partial charge in [0.25, 0.3) is 5.91 Å². The molecular weight excluding hydrogens is 334 g/mol. The first-order chi connectivity index (χ1) is 10.0. The van der Waals surface area contributed by atoms with Crippen molar-refractivity contribution in [1.29, 1.82) is 0 Å². The number of hydrogen-bond donors (Lipinski definition) is 1. The zero-order valence-electron chi connectivity index (χ0n) is 11.9. The normalized spacial score (nSPS) is 10.2. The van der Waals surface area contributed by atoms with Crippen molar-refractivity contribution in [2.45, 2.75) is 13.5 Å². The minimum Gasteiger partial charge on any atom is -0.472 e. The maximum absolute atomic E-state index is 12.0. The van der Waals surface area contributed by atoms with Crippen LogP contribution in [0.1, 0.15) is 28.4 Å². The summed E-state index contributed by atoms with van der Waals surface area (Å²) in [4.78, 5) is 12.0. The van der Waals surface area contributed by atoms with Gasteiger partial charge in [0.2, 0.25) is 5.88 Å². The molecule has 1 aromatic heterocycles. The van der Waals surface area contributed by atoms with Crippen LogP contribution in [0.2, 0.25) is 0 Å². The highest BCUT2D eigenvalue weighted by atomic mass is 79.9. The van der Waals surface area contributed by atoms with Crippen LogP contribution >= 0.6 is 16.1 Å². The van der Waals surface area contributed by atoms with Gasteiger partial charge in [-0.25, -0.2) is 0 Å². The Morgan fingerprint density at radius 2 is 2.14 bits per heavy atom. The molecule has 0 unspecified atom stereocenters. The number of aromatic nitrogens is 2. The summed E-state index contributed by atoms with van der Waals surface area (Å²) >= 11 is 2.97. The number of aryl methyl sites for hydroxylation is 1. The molecule has 0 saturated carbocycles. The lowest BCUT2D eigenvalue weighted by Gasteiger charge is -2.14. The number of rotatable bonds is 5. The first-order valence-electron chi connectivity index (χ1n) is 6.34. The molecule has 1 heterocycles. The van der Waals surface area contributed by atoms with E-state index in [0.717, 1.165) is 16.7 Å². The highest BCUT2D eigenvalue weighted by Gasteiger charge is 2.15. The van der Waals surface area contributed by atoms with Gasteiger partial charge in [0.1, 0.15) is 6.61 Å². The Hall–Kier alpha value is -2.08. The second-order valence-corrected chi connectivity index (χ2v) is 5.05. The quantitative estimate of drug-likeness (QED) is 0.844. The van der Waals surface area contributed by atoms with Gasteiger partial charge in [-0.1, -0.05) is 24.3 Å². The number of hydrogen-bond acceptors (Lipinski definition) is 3. The zero-order chi connectivity index (χ0) is 15.4. The van der Waals surface area contributed by atoms with Crippen LogP contribution in [0, 0.1) is 0 Å². The van der Waals surface area contributed by atoms with Crippen molar-refractivity contribution in [3.8, 4) is 5.88 Å². The summed E-state index contributed by atoms with van der Waals surface area (Å²) in [6, 6.07) is 7.27. The third-order valence-corrected chi connectivity index (χ3v) is 3.38. The summed E-state index contributed by atoms with van der Waals surface area (Å²) in [5.74, 6) is 0.289. The standard InChI is InChI=1S/C15H16BrN3O2/c1-10(2)11-5-4-6-12(15(20)17-16)13(11)9-21-14-7-8-19(3)18-14/h4-8H,1,9H2,2-3H3,(H,17,20). The molecule has 6 heteroatoms. The molecular formula is C15H16BrN3O2. The van der Waals surface area contributed by atoms with E-state index in [-0.39, 0.29) is 12.5 Å². The van der Waals surface area contributed by atoms with Crippen LogP contribution in [0.15, 0.2) is 37.0 Å². The van der Waals surface area contributed by atoms with Crippen LogP contribution < -0.4 is 9.08 Å². The van der Waals surface area contributed by atoms with Crippen molar-refractivity contribution in [2.75, 3.05) is 0 Å². The third kappa shape index (κ3) is 3.52. The number of ether oxygens (including phenoxy) is 1. The van der Waals surface area contributed by atoms with E-state index < -0.39 is 0 Å². The number of benzene rings is 1. The molecule has 1 aromatic carbocycles. The number of nitrogens with one attached hydrogen (secondary N) is 1. The highest BCUT2D eigenvalue weighted by molar-refractivity contribution is 9.08. The largest absolute Gasteiger partial charge is 0.472 e. The molecule has 110 valence electrons. The van der Waals surface area contributed by atoms with E-state index in [1.807, 2.05) is 26.1 Å². The van der Waals surface area contributed by atoms with Gasteiger partial charge in [0.05, 0.1) is 0 Å². The molecule has 0 atom stereocenters. The first kappa shape index (κ1) is 15.3. The Labute approximate surface area is 131 Å². The molecule has 0 radical (unpaired) electrons. The molecule has 0 saturated heterocycles. The smallest absolute Gasteiger partial charge is 0.261 e. The summed E-state index contributed by atoms with van der Waals surface area (Å²) in [6.45, 7) is 6.10. The molecule has 0 bridgehead atoms. The molecule has 0 aliphatic rings. The number of allylic oxidation sites excluding steroid dienone is 1. The topological polar surface area (TPSA) is 56.1 Å². The number of nitrogens with zero attached hydrogens (tertiary/aromatic N) is 2. The molecule has 21 heavy (non-hydrogen) atoms. The van der Waals surface area contributed by atoms with Crippen molar-refractivity contribution in [2.24, 2.45) is 7.05 Å². The molecule has 5 nitrogen and oxygen atoms in total. The Balaban J connectivity index is 2.34. The lowest BCUT2D eigenvalue weighted by molar-refractivity contribution is 0.0984. The Kier molecular flexibility index (Phi) is 4.80. The summed E-state index contributed by atoms with van der Waals surface area (Å²) in [7, 11) is 1.82. The van der Waals surface area contributed by atoms with Crippen molar-refractivity contribution >= 4 is 27.6 Å². The van der Waals surface area contributed by atoms with E-state index in [1.165, 1.54) is 0 Å². The predicted molar refractivity (Wildman–Crippen MR) is 85.1 cm³/mol. The minimum atomic E-state index is -0.224. The van der Waals surface area contributed by atoms with E-state index in [9.17, 15) is 4.79 Å². The monoisotopic (exact) mass is 349 g/mol. The van der Waals surface area contributed by atoms with Crippen molar-refractivity contribution < 1.29 is 9.53 Å². The van der Waals surface area contributed by atoms with Gasteiger partial charge >= 0.3 is 0 Å². The Bertz CT molecular complexity index is 679. The van der Waals surface area contributed by atoms with Gasteiger partial charge in [-0.3, -0.25) is 13.8 Å². The van der Waals surface area contributed by atoms with Crippen molar-refractivity contribution in [3.63, 3.8) is 0 Å². The zero-order valence-corrected chi connectivity index (χ0v) is 13.5. The number of amides is 1. The molecule has 0 spiro atoms. The van der Waals surface area contributed by atoms with Crippen molar-refractivity contribution in [1.82, 2.24) is 14.1 Å². The van der Waals surface area contributed by atoms with E-state index >= 15 is 0 Å². The lowest BCUT2D eigenvalue weighted by atomic mass is 9.97. The Morgan fingerprint density at radius 3 is 2.71 bits per heavy atom. The third-order valence-electron chi connectivity index (χ3n) is 3.02. The summed E-state index contributed by atoms with van der Waals surface area (Å²) in [5.41, 5.74) is 3.11. The van der Waals surface area contributed by atoms with Crippen LogP contribution in [-0.2, 0) is 13.7 Å².